The molecule has 0 bridgehead atoms. The Balaban J connectivity index is 2.20. The Morgan fingerprint density at radius 2 is 1.80 bits per heavy atom. The van der Waals surface area contributed by atoms with E-state index < -0.39 is 10.0 Å². The normalized spacial score (nSPS) is 19.7. The molecule has 5 heteroatoms. The molecule has 1 fully saturated rings. The quantitative estimate of drug-likeness (QED) is 0.765. The summed E-state index contributed by atoms with van der Waals surface area (Å²) in [7, 11) is -3.08. The van der Waals surface area contributed by atoms with Crippen LogP contribution in [0.1, 0.15) is 33.1 Å². The Bertz CT molecular complexity index is 269. The van der Waals surface area contributed by atoms with Crippen LogP contribution in [0.2, 0.25) is 0 Å². The fraction of sp³-hybridized carbons (Fsp3) is 1.00. The van der Waals surface area contributed by atoms with Crippen molar-refractivity contribution >= 4 is 10.0 Å². The number of nitrogens with zero attached hydrogens (tertiary/aromatic N) is 1. The summed E-state index contributed by atoms with van der Waals surface area (Å²) < 4.78 is 25.5. The van der Waals surface area contributed by atoms with Gasteiger partial charge in [-0.2, -0.15) is 0 Å². The number of likely N-dealkylation sites (tertiary alicyclic amines) is 1. The highest BCUT2D eigenvalue weighted by Crippen LogP contribution is 2.07. The second kappa shape index (κ2) is 5.82. The van der Waals surface area contributed by atoms with Crippen molar-refractivity contribution < 1.29 is 8.42 Å². The van der Waals surface area contributed by atoms with Gasteiger partial charge in [-0.3, -0.25) is 0 Å². The van der Waals surface area contributed by atoms with E-state index in [2.05, 4.69) is 9.62 Å². The molecule has 15 heavy (non-hydrogen) atoms. The van der Waals surface area contributed by atoms with Crippen molar-refractivity contribution in [2.75, 3.05) is 26.2 Å². The number of hydrogen-bond donors (Lipinski definition) is 1. The van der Waals surface area contributed by atoms with E-state index in [0.29, 0.717) is 6.54 Å². The molecule has 0 spiro atoms. The molecule has 1 aliphatic heterocycles. The predicted octanol–water partition coefficient (Wildman–Crippen LogP) is 0.800. The van der Waals surface area contributed by atoms with Gasteiger partial charge in [-0.25, -0.2) is 13.1 Å². The number of hydrogen-bond acceptors (Lipinski definition) is 3. The van der Waals surface area contributed by atoms with Gasteiger partial charge in [0.15, 0.2) is 0 Å². The van der Waals surface area contributed by atoms with E-state index in [4.69, 9.17) is 0 Å². The highest BCUT2D eigenvalue weighted by Gasteiger charge is 2.15. The van der Waals surface area contributed by atoms with E-state index in [1.54, 1.807) is 13.8 Å². The SMILES string of the molecule is CC(C)S(=O)(=O)NCCN1CCCCC1. The summed E-state index contributed by atoms with van der Waals surface area (Å²) in [6.07, 6.45) is 3.81. The van der Waals surface area contributed by atoms with Gasteiger partial charge in [0.2, 0.25) is 10.0 Å². The maximum absolute atomic E-state index is 11.4. The average Bonchev–Trinajstić information content (AvgIpc) is 2.19. The smallest absolute Gasteiger partial charge is 0.213 e. The summed E-state index contributed by atoms with van der Waals surface area (Å²) in [6.45, 7) is 7.01. The van der Waals surface area contributed by atoms with Crippen LogP contribution in [-0.4, -0.2) is 44.7 Å². The van der Waals surface area contributed by atoms with Gasteiger partial charge < -0.3 is 4.90 Å². The summed E-state index contributed by atoms with van der Waals surface area (Å²) in [5, 5.41) is -0.334. The first kappa shape index (κ1) is 12.9. The first-order valence-electron chi connectivity index (χ1n) is 5.73. The first-order valence-corrected chi connectivity index (χ1v) is 7.28. The predicted molar refractivity (Wildman–Crippen MR) is 62.3 cm³/mol. The van der Waals surface area contributed by atoms with Crippen LogP contribution in [-0.2, 0) is 10.0 Å². The topological polar surface area (TPSA) is 49.4 Å². The highest BCUT2D eigenvalue weighted by atomic mass is 32.2. The molecule has 90 valence electrons. The van der Waals surface area contributed by atoms with Crippen LogP contribution in [0.5, 0.6) is 0 Å². The van der Waals surface area contributed by atoms with Crippen LogP contribution >= 0.6 is 0 Å². The first-order chi connectivity index (χ1) is 7.02. The lowest BCUT2D eigenvalue weighted by Crippen LogP contribution is -2.39. The molecule has 1 rings (SSSR count). The molecule has 0 aromatic carbocycles. The Morgan fingerprint density at radius 3 is 2.33 bits per heavy atom. The molecule has 0 aromatic heterocycles. The number of piperidine rings is 1. The molecule has 4 nitrogen and oxygen atoms in total. The van der Waals surface area contributed by atoms with Crippen molar-refractivity contribution in [2.45, 2.75) is 38.4 Å². The third-order valence-corrected chi connectivity index (χ3v) is 4.65. The molecular formula is C10H22N2O2S. The van der Waals surface area contributed by atoms with E-state index in [1.165, 1.54) is 19.3 Å². The molecule has 1 aliphatic rings. The molecule has 0 atom stereocenters. The van der Waals surface area contributed by atoms with Crippen molar-refractivity contribution in [1.29, 1.82) is 0 Å². The maximum atomic E-state index is 11.4. The molecule has 1 saturated heterocycles. The summed E-state index contributed by atoms with van der Waals surface area (Å²) in [4.78, 5) is 2.33. The zero-order valence-corrected chi connectivity index (χ0v) is 10.5. The lowest BCUT2D eigenvalue weighted by Gasteiger charge is -2.26. The van der Waals surface area contributed by atoms with Crippen molar-refractivity contribution in [3.05, 3.63) is 0 Å². The van der Waals surface area contributed by atoms with Gasteiger partial charge >= 0.3 is 0 Å². The summed E-state index contributed by atoms with van der Waals surface area (Å²) in [6, 6.07) is 0. The van der Waals surface area contributed by atoms with Crippen molar-refractivity contribution in [3.63, 3.8) is 0 Å². The van der Waals surface area contributed by atoms with Gasteiger partial charge in [0.25, 0.3) is 0 Å². The second-order valence-electron chi connectivity index (χ2n) is 4.39. The zero-order chi connectivity index (χ0) is 11.3. The Hall–Kier alpha value is -0.130. The summed E-state index contributed by atoms with van der Waals surface area (Å²) >= 11 is 0. The second-order valence-corrected chi connectivity index (χ2v) is 6.71. The summed E-state index contributed by atoms with van der Waals surface area (Å²) in [5.74, 6) is 0. The lowest BCUT2D eigenvalue weighted by atomic mass is 10.1. The minimum absolute atomic E-state index is 0.334. The third-order valence-electron chi connectivity index (χ3n) is 2.80. The van der Waals surface area contributed by atoms with E-state index in [0.717, 1.165) is 19.6 Å². The Kier molecular flexibility index (Phi) is 5.02. The molecule has 0 unspecified atom stereocenters. The van der Waals surface area contributed by atoms with E-state index in [9.17, 15) is 8.42 Å². The minimum atomic E-state index is -3.08. The fourth-order valence-corrected chi connectivity index (χ4v) is 2.40. The van der Waals surface area contributed by atoms with Gasteiger partial charge in [0.05, 0.1) is 5.25 Å². The molecular weight excluding hydrogens is 212 g/mol. The van der Waals surface area contributed by atoms with E-state index >= 15 is 0 Å². The van der Waals surface area contributed by atoms with Crippen LogP contribution in [0.15, 0.2) is 0 Å². The van der Waals surface area contributed by atoms with Crippen LogP contribution in [0, 0.1) is 0 Å². The van der Waals surface area contributed by atoms with Crippen LogP contribution in [0.4, 0.5) is 0 Å². The molecule has 0 amide bonds. The number of sulfonamides is 1. The van der Waals surface area contributed by atoms with E-state index in [1.807, 2.05) is 0 Å². The lowest BCUT2D eigenvalue weighted by molar-refractivity contribution is 0.232. The van der Waals surface area contributed by atoms with Gasteiger partial charge in [-0.05, 0) is 39.8 Å². The minimum Gasteiger partial charge on any atom is -0.302 e. The fourth-order valence-electron chi connectivity index (χ4n) is 1.70. The summed E-state index contributed by atoms with van der Waals surface area (Å²) in [5.41, 5.74) is 0. The molecule has 1 heterocycles. The van der Waals surface area contributed by atoms with Gasteiger partial charge in [-0.15, -0.1) is 0 Å². The maximum Gasteiger partial charge on any atom is 0.213 e. The molecule has 0 aromatic rings. The van der Waals surface area contributed by atoms with E-state index in [-0.39, 0.29) is 5.25 Å². The Labute approximate surface area is 93.1 Å². The van der Waals surface area contributed by atoms with Gasteiger partial charge in [-0.1, -0.05) is 6.42 Å². The van der Waals surface area contributed by atoms with Crippen molar-refractivity contribution in [2.24, 2.45) is 0 Å². The van der Waals surface area contributed by atoms with Crippen LogP contribution in [0.3, 0.4) is 0 Å². The third kappa shape index (κ3) is 4.49. The zero-order valence-electron chi connectivity index (χ0n) is 9.70. The van der Waals surface area contributed by atoms with Gasteiger partial charge in [0.1, 0.15) is 0 Å². The molecule has 0 radical (unpaired) electrons. The average molecular weight is 234 g/mol. The van der Waals surface area contributed by atoms with Crippen LogP contribution < -0.4 is 4.72 Å². The highest BCUT2D eigenvalue weighted by molar-refractivity contribution is 7.90. The van der Waals surface area contributed by atoms with Crippen molar-refractivity contribution in [1.82, 2.24) is 9.62 Å². The number of rotatable bonds is 5. The molecule has 0 aliphatic carbocycles. The number of nitrogens with one attached hydrogen (secondary N) is 1. The van der Waals surface area contributed by atoms with Gasteiger partial charge in [0, 0.05) is 13.1 Å². The molecule has 1 N–H and O–H groups in total. The Morgan fingerprint density at radius 1 is 1.20 bits per heavy atom. The van der Waals surface area contributed by atoms with Crippen molar-refractivity contribution in [3.8, 4) is 0 Å². The van der Waals surface area contributed by atoms with Crippen LogP contribution in [0.25, 0.3) is 0 Å². The molecule has 0 saturated carbocycles. The largest absolute Gasteiger partial charge is 0.302 e. The monoisotopic (exact) mass is 234 g/mol. The standard InChI is InChI=1S/C10H22N2O2S/c1-10(2)15(13,14)11-6-9-12-7-4-3-5-8-12/h10-11H,3-9H2,1-2H3.